The number of hydrogen-bond donors (Lipinski definition) is 1. The number of halogens is 3. The molecule has 1 unspecified atom stereocenters. The minimum Gasteiger partial charge on any atom is -0.355 e. The minimum atomic E-state index is -1.19. The van der Waals surface area contributed by atoms with Crippen molar-refractivity contribution in [3.63, 3.8) is 0 Å². The first kappa shape index (κ1) is 14.8. The third-order valence-corrected chi connectivity index (χ3v) is 3.99. The molecule has 4 nitrogen and oxygen atoms in total. The standard InChI is InChI=1S/C15H15F3N4/c16-11-6-13(18)12(17)5-10(11)9-2-4-22(7-14(9)19)15-1-3-20-8-21-15/h1,3,5-6,8-9,14H,2,4,7,19H2/t9?,14-/m0/s1. The quantitative estimate of drug-likeness (QED) is 0.864. The van der Waals surface area contributed by atoms with Gasteiger partial charge in [-0.25, -0.2) is 23.1 Å². The van der Waals surface area contributed by atoms with Gasteiger partial charge in [-0.05, 0) is 24.1 Å². The molecule has 1 aromatic carbocycles. The van der Waals surface area contributed by atoms with E-state index in [1.54, 1.807) is 12.3 Å². The first-order chi connectivity index (χ1) is 10.6. The fraction of sp³-hybridized carbons (Fsp3) is 0.333. The number of nitrogens with two attached hydrogens (primary N) is 1. The maximum Gasteiger partial charge on any atom is 0.161 e. The van der Waals surface area contributed by atoms with Crippen molar-refractivity contribution >= 4 is 5.82 Å². The van der Waals surface area contributed by atoms with Gasteiger partial charge in [-0.3, -0.25) is 0 Å². The van der Waals surface area contributed by atoms with Crippen molar-refractivity contribution in [2.75, 3.05) is 18.0 Å². The van der Waals surface area contributed by atoms with E-state index >= 15 is 0 Å². The van der Waals surface area contributed by atoms with E-state index in [0.29, 0.717) is 25.6 Å². The summed E-state index contributed by atoms with van der Waals surface area (Å²) >= 11 is 0. The van der Waals surface area contributed by atoms with Gasteiger partial charge in [-0.1, -0.05) is 0 Å². The molecule has 0 saturated carbocycles. The zero-order chi connectivity index (χ0) is 15.7. The molecule has 0 bridgehead atoms. The van der Waals surface area contributed by atoms with Gasteiger partial charge in [0, 0.05) is 37.3 Å². The molecule has 1 saturated heterocycles. The van der Waals surface area contributed by atoms with Crippen LogP contribution in [0.25, 0.3) is 0 Å². The topological polar surface area (TPSA) is 55.0 Å². The summed E-state index contributed by atoms with van der Waals surface area (Å²) in [5, 5.41) is 0. The molecule has 22 heavy (non-hydrogen) atoms. The van der Waals surface area contributed by atoms with Crippen LogP contribution in [-0.2, 0) is 0 Å². The first-order valence-corrected chi connectivity index (χ1v) is 6.97. The minimum absolute atomic E-state index is 0.133. The Morgan fingerprint density at radius 3 is 2.59 bits per heavy atom. The summed E-state index contributed by atoms with van der Waals surface area (Å²) in [4.78, 5) is 9.98. The Kier molecular flexibility index (Phi) is 3.98. The molecule has 2 aromatic rings. The van der Waals surface area contributed by atoms with Crippen molar-refractivity contribution in [1.82, 2.24) is 9.97 Å². The summed E-state index contributed by atoms with van der Waals surface area (Å²) in [7, 11) is 0. The maximum atomic E-state index is 13.9. The average Bonchev–Trinajstić information content (AvgIpc) is 2.52. The summed E-state index contributed by atoms with van der Waals surface area (Å²) in [6.07, 6.45) is 3.62. The zero-order valence-corrected chi connectivity index (χ0v) is 11.7. The molecule has 2 heterocycles. The largest absolute Gasteiger partial charge is 0.355 e. The van der Waals surface area contributed by atoms with Crippen molar-refractivity contribution in [3.05, 3.63) is 53.7 Å². The van der Waals surface area contributed by atoms with Gasteiger partial charge in [-0.2, -0.15) is 0 Å². The smallest absolute Gasteiger partial charge is 0.161 e. The van der Waals surface area contributed by atoms with Crippen LogP contribution >= 0.6 is 0 Å². The lowest BCUT2D eigenvalue weighted by Gasteiger charge is -2.37. The molecule has 1 aliphatic heterocycles. The number of rotatable bonds is 2. The number of aromatic nitrogens is 2. The van der Waals surface area contributed by atoms with Crippen molar-refractivity contribution in [1.29, 1.82) is 0 Å². The highest BCUT2D eigenvalue weighted by Crippen LogP contribution is 2.31. The number of benzene rings is 1. The van der Waals surface area contributed by atoms with E-state index in [9.17, 15) is 13.2 Å². The molecule has 2 N–H and O–H groups in total. The Morgan fingerprint density at radius 2 is 1.91 bits per heavy atom. The molecular formula is C15H15F3N4. The third-order valence-electron chi connectivity index (χ3n) is 3.99. The lowest BCUT2D eigenvalue weighted by Crippen LogP contribution is -2.48. The second kappa shape index (κ2) is 5.92. The van der Waals surface area contributed by atoms with Gasteiger partial charge in [0.05, 0.1) is 0 Å². The second-order valence-corrected chi connectivity index (χ2v) is 5.36. The van der Waals surface area contributed by atoms with Gasteiger partial charge in [-0.15, -0.1) is 0 Å². The van der Waals surface area contributed by atoms with Crippen LogP contribution in [0.1, 0.15) is 17.9 Å². The van der Waals surface area contributed by atoms with Crippen LogP contribution in [0.15, 0.2) is 30.7 Å². The Morgan fingerprint density at radius 1 is 1.14 bits per heavy atom. The maximum absolute atomic E-state index is 13.9. The molecule has 1 aromatic heterocycles. The second-order valence-electron chi connectivity index (χ2n) is 5.36. The molecule has 7 heteroatoms. The molecule has 1 fully saturated rings. The zero-order valence-electron chi connectivity index (χ0n) is 11.7. The van der Waals surface area contributed by atoms with Crippen LogP contribution in [0.2, 0.25) is 0 Å². The van der Waals surface area contributed by atoms with Gasteiger partial charge in [0.2, 0.25) is 0 Å². The normalized spacial score (nSPS) is 21.9. The van der Waals surface area contributed by atoms with Crippen molar-refractivity contribution in [3.8, 4) is 0 Å². The van der Waals surface area contributed by atoms with Crippen LogP contribution in [0.4, 0.5) is 19.0 Å². The van der Waals surface area contributed by atoms with E-state index in [2.05, 4.69) is 9.97 Å². The number of nitrogens with zero attached hydrogens (tertiary/aromatic N) is 3. The van der Waals surface area contributed by atoms with Crippen molar-refractivity contribution in [2.24, 2.45) is 5.73 Å². The Bertz CT molecular complexity index is 665. The lowest BCUT2D eigenvalue weighted by molar-refractivity contribution is 0.416. The molecule has 0 radical (unpaired) electrons. The molecule has 3 rings (SSSR count). The Hall–Kier alpha value is -2.15. The van der Waals surface area contributed by atoms with E-state index in [1.165, 1.54) is 6.33 Å². The predicted octanol–water partition coefficient (Wildman–Crippen LogP) is 2.22. The van der Waals surface area contributed by atoms with E-state index < -0.39 is 23.5 Å². The van der Waals surface area contributed by atoms with Crippen LogP contribution in [0, 0.1) is 17.5 Å². The highest BCUT2D eigenvalue weighted by molar-refractivity contribution is 5.39. The summed E-state index contributed by atoms with van der Waals surface area (Å²) < 4.78 is 40.3. The molecule has 116 valence electrons. The Balaban J connectivity index is 1.80. The van der Waals surface area contributed by atoms with Crippen LogP contribution in [-0.4, -0.2) is 29.1 Å². The van der Waals surface area contributed by atoms with E-state index in [1.807, 2.05) is 4.90 Å². The van der Waals surface area contributed by atoms with E-state index in [-0.39, 0.29) is 11.5 Å². The lowest BCUT2D eigenvalue weighted by atomic mass is 9.85. The third kappa shape index (κ3) is 2.76. The highest BCUT2D eigenvalue weighted by Gasteiger charge is 2.31. The van der Waals surface area contributed by atoms with Gasteiger partial charge < -0.3 is 10.6 Å². The predicted molar refractivity (Wildman–Crippen MR) is 75.9 cm³/mol. The van der Waals surface area contributed by atoms with Gasteiger partial charge >= 0.3 is 0 Å². The van der Waals surface area contributed by atoms with Crippen molar-refractivity contribution in [2.45, 2.75) is 18.4 Å². The summed E-state index contributed by atoms with van der Waals surface area (Å²) in [6, 6.07) is 2.86. The van der Waals surface area contributed by atoms with Gasteiger partial charge in [0.25, 0.3) is 0 Å². The van der Waals surface area contributed by atoms with E-state index in [4.69, 9.17) is 5.73 Å². The fourth-order valence-electron chi connectivity index (χ4n) is 2.87. The van der Waals surface area contributed by atoms with Gasteiger partial charge in [0.15, 0.2) is 11.6 Å². The molecule has 0 amide bonds. The summed E-state index contributed by atoms with van der Waals surface area (Å²) in [5.41, 5.74) is 6.26. The Labute approximate surface area is 125 Å². The number of anilines is 1. The van der Waals surface area contributed by atoms with Crippen LogP contribution in [0.5, 0.6) is 0 Å². The van der Waals surface area contributed by atoms with E-state index in [0.717, 1.165) is 11.9 Å². The summed E-state index contributed by atoms with van der Waals surface area (Å²) in [5.74, 6) is -2.60. The van der Waals surface area contributed by atoms with Crippen LogP contribution in [0.3, 0.4) is 0 Å². The number of piperidine rings is 1. The van der Waals surface area contributed by atoms with Crippen molar-refractivity contribution < 1.29 is 13.2 Å². The molecule has 1 aliphatic rings. The fourth-order valence-corrected chi connectivity index (χ4v) is 2.87. The monoisotopic (exact) mass is 308 g/mol. The molecule has 0 spiro atoms. The summed E-state index contributed by atoms with van der Waals surface area (Å²) in [6.45, 7) is 1.06. The molecular weight excluding hydrogens is 293 g/mol. The first-order valence-electron chi connectivity index (χ1n) is 6.97. The highest BCUT2D eigenvalue weighted by atomic mass is 19.2. The van der Waals surface area contributed by atoms with Crippen LogP contribution < -0.4 is 10.6 Å². The van der Waals surface area contributed by atoms with Gasteiger partial charge in [0.1, 0.15) is 18.0 Å². The molecule has 2 atom stereocenters. The molecule has 0 aliphatic carbocycles. The number of hydrogen-bond acceptors (Lipinski definition) is 4. The SMILES string of the molecule is N[C@H]1CN(c2ccncn2)CCC1c1cc(F)c(F)cc1F. The average molecular weight is 308 g/mol.